The van der Waals surface area contributed by atoms with Crippen molar-refractivity contribution in [1.29, 1.82) is 0 Å². The minimum absolute atomic E-state index is 0.0161. The van der Waals surface area contributed by atoms with E-state index in [1.54, 1.807) is 6.07 Å². The molecule has 2 nitrogen and oxygen atoms in total. The molecule has 0 aromatic heterocycles. The third-order valence-electron chi connectivity index (χ3n) is 2.60. The van der Waals surface area contributed by atoms with Crippen LogP contribution in [0.25, 0.3) is 0 Å². The van der Waals surface area contributed by atoms with Crippen LogP contribution >= 0.6 is 22.6 Å². The van der Waals surface area contributed by atoms with Crippen LogP contribution in [0.5, 0.6) is 11.5 Å². The van der Waals surface area contributed by atoms with Gasteiger partial charge in [-0.2, -0.15) is 0 Å². The summed E-state index contributed by atoms with van der Waals surface area (Å²) in [6.07, 6.45) is 0.654. The first-order valence-corrected chi connectivity index (χ1v) is 7.10. The molecule has 2 aromatic carbocycles. The summed E-state index contributed by atoms with van der Waals surface area (Å²) < 4.78 is 20.5. The lowest BCUT2D eigenvalue weighted by atomic mass is 10.1. The molecule has 0 saturated carbocycles. The van der Waals surface area contributed by atoms with Crippen molar-refractivity contribution in [1.82, 2.24) is 0 Å². The zero-order chi connectivity index (χ0) is 13.8. The molecule has 2 aromatic rings. The fraction of sp³-hybridized carbons (Fsp3) is 0.200. The highest BCUT2D eigenvalue weighted by atomic mass is 127. The summed E-state index contributed by atoms with van der Waals surface area (Å²) >= 11 is 2.21. The van der Waals surface area contributed by atoms with Crippen LogP contribution in [0.2, 0.25) is 0 Å². The molecule has 1 unspecified atom stereocenters. The van der Waals surface area contributed by atoms with Gasteiger partial charge < -0.3 is 10.5 Å². The minimum atomic E-state index is -0.364. The Labute approximate surface area is 125 Å². The molecule has 0 aliphatic heterocycles. The van der Waals surface area contributed by atoms with E-state index in [0.29, 0.717) is 12.2 Å². The molecule has 1 atom stereocenters. The third kappa shape index (κ3) is 4.18. The summed E-state index contributed by atoms with van der Waals surface area (Å²) in [6, 6.07) is 12.4. The number of ether oxygens (including phenoxy) is 1. The Kier molecular flexibility index (Phi) is 4.76. The summed E-state index contributed by atoms with van der Waals surface area (Å²) in [5.74, 6) is 0.491. The molecular formula is C15H15FINO. The summed E-state index contributed by atoms with van der Waals surface area (Å²) in [5, 5.41) is 0. The van der Waals surface area contributed by atoms with Crippen molar-refractivity contribution in [3.05, 3.63) is 57.4 Å². The van der Waals surface area contributed by atoms with Crippen LogP contribution in [0.15, 0.2) is 42.5 Å². The summed E-state index contributed by atoms with van der Waals surface area (Å²) in [5.41, 5.74) is 6.57. The number of hydrogen-bond donors (Lipinski definition) is 1. The Morgan fingerprint density at radius 2 is 1.89 bits per heavy atom. The van der Waals surface area contributed by atoms with Crippen molar-refractivity contribution in [2.75, 3.05) is 0 Å². The van der Waals surface area contributed by atoms with E-state index in [9.17, 15) is 4.39 Å². The van der Waals surface area contributed by atoms with Gasteiger partial charge in [0.2, 0.25) is 0 Å². The Hall–Kier alpha value is -1.14. The molecule has 0 fully saturated rings. The lowest BCUT2D eigenvalue weighted by Crippen LogP contribution is -2.17. The van der Waals surface area contributed by atoms with Crippen molar-refractivity contribution in [2.24, 2.45) is 5.73 Å². The van der Waals surface area contributed by atoms with Crippen molar-refractivity contribution in [3.63, 3.8) is 0 Å². The monoisotopic (exact) mass is 371 g/mol. The molecule has 0 radical (unpaired) electrons. The predicted molar refractivity (Wildman–Crippen MR) is 83.0 cm³/mol. The van der Waals surface area contributed by atoms with Crippen molar-refractivity contribution in [2.45, 2.75) is 19.4 Å². The van der Waals surface area contributed by atoms with Crippen LogP contribution in [-0.4, -0.2) is 6.04 Å². The molecule has 0 bridgehead atoms. The molecule has 2 rings (SSSR count). The molecule has 0 amide bonds. The van der Waals surface area contributed by atoms with E-state index in [1.807, 2.05) is 37.3 Å². The molecule has 0 aliphatic carbocycles. The Bertz CT molecular complexity index is 555. The lowest BCUT2D eigenvalue weighted by molar-refractivity contribution is 0.441. The van der Waals surface area contributed by atoms with Gasteiger partial charge in [-0.05, 0) is 77.9 Å². The number of hydrogen-bond acceptors (Lipinski definition) is 2. The number of rotatable bonds is 4. The van der Waals surface area contributed by atoms with Gasteiger partial charge in [0.15, 0.2) is 11.6 Å². The van der Waals surface area contributed by atoms with Gasteiger partial charge in [-0.15, -0.1) is 0 Å². The second kappa shape index (κ2) is 6.34. The fourth-order valence-corrected chi connectivity index (χ4v) is 2.12. The van der Waals surface area contributed by atoms with Gasteiger partial charge in [-0.1, -0.05) is 6.07 Å². The molecule has 0 heterocycles. The standard InChI is InChI=1S/C15H15FINO/c1-10(18)8-11-2-7-15(14(16)9-11)19-13-5-3-12(17)4-6-13/h2-7,9-10H,8,18H2,1H3. The molecule has 0 spiro atoms. The molecule has 19 heavy (non-hydrogen) atoms. The molecule has 4 heteroatoms. The van der Waals surface area contributed by atoms with Crippen LogP contribution in [0, 0.1) is 9.39 Å². The normalized spacial score (nSPS) is 12.2. The van der Waals surface area contributed by atoms with E-state index in [2.05, 4.69) is 22.6 Å². The molecule has 0 saturated heterocycles. The highest BCUT2D eigenvalue weighted by Gasteiger charge is 2.07. The van der Waals surface area contributed by atoms with Gasteiger partial charge in [0.05, 0.1) is 0 Å². The lowest BCUT2D eigenvalue weighted by Gasteiger charge is -2.09. The van der Waals surface area contributed by atoms with E-state index in [0.717, 1.165) is 9.13 Å². The second-order valence-corrected chi connectivity index (χ2v) is 5.75. The van der Waals surface area contributed by atoms with Gasteiger partial charge in [0, 0.05) is 9.61 Å². The van der Waals surface area contributed by atoms with E-state index < -0.39 is 0 Å². The Morgan fingerprint density at radius 1 is 1.21 bits per heavy atom. The Balaban J connectivity index is 2.15. The summed E-state index contributed by atoms with van der Waals surface area (Å²) in [4.78, 5) is 0. The van der Waals surface area contributed by atoms with Crippen molar-refractivity contribution in [3.8, 4) is 11.5 Å². The van der Waals surface area contributed by atoms with Gasteiger partial charge in [0.1, 0.15) is 5.75 Å². The van der Waals surface area contributed by atoms with Crippen LogP contribution in [-0.2, 0) is 6.42 Å². The number of benzene rings is 2. The average molecular weight is 371 g/mol. The summed E-state index contributed by atoms with van der Waals surface area (Å²) in [6.45, 7) is 1.90. The zero-order valence-corrected chi connectivity index (χ0v) is 12.7. The van der Waals surface area contributed by atoms with Gasteiger partial charge in [0.25, 0.3) is 0 Å². The van der Waals surface area contributed by atoms with Crippen molar-refractivity contribution >= 4 is 22.6 Å². The third-order valence-corrected chi connectivity index (χ3v) is 3.31. The first kappa shape index (κ1) is 14.3. The van der Waals surface area contributed by atoms with Crippen LogP contribution < -0.4 is 10.5 Å². The summed E-state index contributed by atoms with van der Waals surface area (Å²) in [7, 11) is 0. The van der Waals surface area contributed by atoms with E-state index in [-0.39, 0.29) is 17.6 Å². The molecule has 0 aliphatic rings. The highest BCUT2D eigenvalue weighted by molar-refractivity contribution is 14.1. The first-order valence-electron chi connectivity index (χ1n) is 6.02. The zero-order valence-electron chi connectivity index (χ0n) is 10.6. The molecule has 100 valence electrons. The van der Waals surface area contributed by atoms with E-state index in [4.69, 9.17) is 10.5 Å². The van der Waals surface area contributed by atoms with E-state index in [1.165, 1.54) is 6.07 Å². The fourth-order valence-electron chi connectivity index (χ4n) is 1.76. The van der Waals surface area contributed by atoms with Crippen molar-refractivity contribution < 1.29 is 9.13 Å². The predicted octanol–water partition coefficient (Wildman–Crippen LogP) is 4.11. The second-order valence-electron chi connectivity index (χ2n) is 4.50. The maximum Gasteiger partial charge on any atom is 0.165 e. The van der Waals surface area contributed by atoms with Gasteiger partial charge in [-0.25, -0.2) is 4.39 Å². The van der Waals surface area contributed by atoms with Gasteiger partial charge in [-0.3, -0.25) is 0 Å². The highest BCUT2D eigenvalue weighted by Crippen LogP contribution is 2.26. The quantitative estimate of drug-likeness (QED) is 0.821. The smallest absolute Gasteiger partial charge is 0.165 e. The maximum atomic E-state index is 13.9. The topological polar surface area (TPSA) is 35.2 Å². The van der Waals surface area contributed by atoms with Gasteiger partial charge >= 0.3 is 0 Å². The maximum absolute atomic E-state index is 13.9. The SMILES string of the molecule is CC(N)Cc1ccc(Oc2ccc(I)cc2)c(F)c1. The first-order chi connectivity index (χ1) is 9.04. The van der Waals surface area contributed by atoms with E-state index >= 15 is 0 Å². The molecular weight excluding hydrogens is 356 g/mol. The molecule has 2 N–H and O–H groups in total. The average Bonchev–Trinajstić information content (AvgIpc) is 2.34. The number of halogens is 2. The largest absolute Gasteiger partial charge is 0.454 e. The van der Waals surface area contributed by atoms with Crippen LogP contribution in [0.4, 0.5) is 4.39 Å². The Morgan fingerprint density at radius 3 is 2.47 bits per heavy atom. The minimum Gasteiger partial charge on any atom is -0.454 e. The van der Waals surface area contributed by atoms with Crippen LogP contribution in [0.3, 0.4) is 0 Å². The van der Waals surface area contributed by atoms with Crippen LogP contribution in [0.1, 0.15) is 12.5 Å². The number of nitrogens with two attached hydrogens (primary N) is 1.